The number of aliphatic hydroxyl groups is 1. The SMILES string of the molecule is Cc1ccc(CC(C)C(=O)NCC(O)CC(C)C)cc1. The van der Waals surface area contributed by atoms with Crippen molar-refractivity contribution in [1.29, 1.82) is 0 Å². The fourth-order valence-electron chi connectivity index (χ4n) is 2.19. The van der Waals surface area contributed by atoms with Gasteiger partial charge in [0.25, 0.3) is 0 Å². The van der Waals surface area contributed by atoms with Crippen molar-refractivity contribution in [3.8, 4) is 0 Å². The lowest BCUT2D eigenvalue weighted by molar-refractivity contribution is -0.125. The van der Waals surface area contributed by atoms with Gasteiger partial charge in [0.05, 0.1) is 6.10 Å². The second kappa shape index (κ2) is 8.05. The Bertz CT molecular complexity index is 412. The zero-order valence-corrected chi connectivity index (χ0v) is 13.0. The Balaban J connectivity index is 2.37. The third kappa shape index (κ3) is 6.20. The minimum Gasteiger partial charge on any atom is -0.391 e. The van der Waals surface area contributed by atoms with E-state index in [-0.39, 0.29) is 11.8 Å². The van der Waals surface area contributed by atoms with Crippen molar-refractivity contribution in [1.82, 2.24) is 5.32 Å². The van der Waals surface area contributed by atoms with Gasteiger partial charge in [-0.15, -0.1) is 0 Å². The smallest absolute Gasteiger partial charge is 0.223 e. The zero-order chi connectivity index (χ0) is 15.1. The van der Waals surface area contributed by atoms with Gasteiger partial charge < -0.3 is 10.4 Å². The first-order valence-electron chi connectivity index (χ1n) is 7.39. The minimum atomic E-state index is -0.453. The van der Waals surface area contributed by atoms with E-state index in [1.807, 2.05) is 6.92 Å². The van der Waals surface area contributed by atoms with Crippen LogP contribution in [0.3, 0.4) is 0 Å². The summed E-state index contributed by atoms with van der Waals surface area (Å²) in [5.74, 6) is 0.365. The van der Waals surface area contributed by atoms with E-state index in [2.05, 4.69) is 50.4 Å². The molecule has 0 radical (unpaired) electrons. The summed E-state index contributed by atoms with van der Waals surface area (Å²) in [6.07, 6.45) is 0.990. The van der Waals surface area contributed by atoms with E-state index in [1.165, 1.54) is 11.1 Å². The molecule has 0 fully saturated rings. The molecule has 0 heterocycles. The Hall–Kier alpha value is -1.35. The van der Waals surface area contributed by atoms with Gasteiger partial charge in [0.15, 0.2) is 0 Å². The third-order valence-electron chi connectivity index (χ3n) is 3.37. The lowest BCUT2D eigenvalue weighted by atomic mass is 9.99. The minimum absolute atomic E-state index is 0.00776. The van der Waals surface area contributed by atoms with E-state index in [4.69, 9.17) is 0 Å². The normalized spacial score (nSPS) is 14.1. The van der Waals surface area contributed by atoms with Gasteiger partial charge >= 0.3 is 0 Å². The largest absolute Gasteiger partial charge is 0.391 e. The molecule has 20 heavy (non-hydrogen) atoms. The summed E-state index contributed by atoms with van der Waals surface area (Å²) in [5.41, 5.74) is 2.39. The van der Waals surface area contributed by atoms with Gasteiger partial charge in [-0.1, -0.05) is 50.6 Å². The van der Waals surface area contributed by atoms with E-state index in [0.29, 0.717) is 18.9 Å². The highest BCUT2D eigenvalue weighted by molar-refractivity contribution is 5.78. The van der Waals surface area contributed by atoms with E-state index in [0.717, 1.165) is 6.42 Å². The van der Waals surface area contributed by atoms with Crippen molar-refractivity contribution < 1.29 is 9.90 Å². The number of nitrogens with one attached hydrogen (secondary N) is 1. The number of aryl methyl sites for hydroxylation is 1. The van der Waals surface area contributed by atoms with Crippen molar-refractivity contribution >= 4 is 5.91 Å². The Morgan fingerprint density at radius 3 is 2.35 bits per heavy atom. The molecule has 112 valence electrons. The summed E-state index contributed by atoms with van der Waals surface area (Å²) in [4.78, 5) is 12.0. The molecule has 0 aliphatic rings. The molecule has 2 unspecified atom stereocenters. The highest BCUT2D eigenvalue weighted by Crippen LogP contribution is 2.10. The molecule has 3 heteroatoms. The van der Waals surface area contributed by atoms with Crippen molar-refractivity contribution in [2.75, 3.05) is 6.54 Å². The van der Waals surface area contributed by atoms with Crippen LogP contribution in [0.15, 0.2) is 24.3 Å². The summed E-state index contributed by atoms with van der Waals surface area (Å²) < 4.78 is 0. The topological polar surface area (TPSA) is 49.3 Å². The zero-order valence-electron chi connectivity index (χ0n) is 13.0. The fourth-order valence-corrected chi connectivity index (χ4v) is 2.19. The van der Waals surface area contributed by atoms with Gasteiger partial charge in [0.2, 0.25) is 5.91 Å². The lowest BCUT2D eigenvalue weighted by Gasteiger charge is -2.16. The predicted molar refractivity (Wildman–Crippen MR) is 82.5 cm³/mol. The summed E-state index contributed by atoms with van der Waals surface area (Å²) in [7, 11) is 0. The van der Waals surface area contributed by atoms with E-state index < -0.39 is 6.10 Å². The lowest BCUT2D eigenvalue weighted by Crippen LogP contribution is -2.36. The van der Waals surface area contributed by atoms with Gasteiger partial charge in [0, 0.05) is 12.5 Å². The number of hydrogen-bond acceptors (Lipinski definition) is 2. The average Bonchev–Trinajstić information content (AvgIpc) is 2.37. The molecule has 0 aromatic heterocycles. The molecule has 0 saturated carbocycles. The maximum Gasteiger partial charge on any atom is 0.223 e. The van der Waals surface area contributed by atoms with Crippen LogP contribution < -0.4 is 5.32 Å². The monoisotopic (exact) mass is 277 g/mol. The first kappa shape index (κ1) is 16.7. The molecular weight excluding hydrogens is 250 g/mol. The molecule has 0 spiro atoms. The number of benzene rings is 1. The van der Waals surface area contributed by atoms with Crippen LogP contribution in [0.1, 0.15) is 38.3 Å². The molecule has 2 atom stereocenters. The molecule has 1 aromatic rings. The Morgan fingerprint density at radius 1 is 1.20 bits per heavy atom. The molecule has 0 bridgehead atoms. The highest BCUT2D eigenvalue weighted by Gasteiger charge is 2.15. The van der Waals surface area contributed by atoms with Gasteiger partial charge in [-0.25, -0.2) is 0 Å². The van der Waals surface area contributed by atoms with Gasteiger partial charge in [0.1, 0.15) is 0 Å². The van der Waals surface area contributed by atoms with Crippen LogP contribution in [0.5, 0.6) is 0 Å². The van der Waals surface area contributed by atoms with Crippen LogP contribution in [-0.2, 0) is 11.2 Å². The molecule has 0 saturated heterocycles. The van der Waals surface area contributed by atoms with Crippen LogP contribution in [0.2, 0.25) is 0 Å². The standard InChI is InChI=1S/C17H27NO2/c1-12(2)9-16(19)11-18-17(20)14(4)10-15-7-5-13(3)6-8-15/h5-8,12,14,16,19H,9-11H2,1-4H3,(H,18,20). The molecule has 1 amide bonds. The van der Waals surface area contributed by atoms with Crippen molar-refractivity contribution in [3.63, 3.8) is 0 Å². The summed E-state index contributed by atoms with van der Waals surface area (Å²) >= 11 is 0. The van der Waals surface area contributed by atoms with Gasteiger partial charge in [-0.2, -0.15) is 0 Å². The third-order valence-corrected chi connectivity index (χ3v) is 3.37. The van der Waals surface area contributed by atoms with Crippen LogP contribution in [-0.4, -0.2) is 23.7 Å². The summed E-state index contributed by atoms with van der Waals surface area (Å²) in [6, 6.07) is 8.25. The maximum atomic E-state index is 12.0. The quantitative estimate of drug-likeness (QED) is 0.805. The van der Waals surface area contributed by atoms with Crippen LogP contribution in [0.4, 0.5) is 0 Å². The second-order valence-corrected chi connectivity index (χ2v) is 6.12. The maximum absolute atomic E-state index is 12.0. The summed E-state index contributed by atoms with van der Waals surface area (Å²) in [5, 5.41) is 12.6. The Kier molecular flexibility index (Phi) is 6.73. The fraction of sp³-hybridized carbons (Fsp3) is 0.588. The molecule has 3 nitrogen and oxygen atoms in total. The number of carbonyl (C=O) groups is 1. The number of aliphatic hydroxyl groups excluding tert-OH is 1. The van der Waals surface area contributed by atoms with Crippen molar-refractivity contribution in [3.05, 3.63) is 35.4 Å². The molecule has 1 rings (SSSR count). The van der Waals surface area contributed by atoms with Crippen molar-refractivity contribution in [2.45, 2.75) is 46.6 Å². The number of hydrogen-bond donors (Lipinski definition) is 2. The predicted octanol–water partition coefficient (Wildman–Crippen LogP) is 2.70. The second-order valence-electron chi connectivity index (χ2n) is 6.12. The Labute approximate surface area is 122 Å². The molecular formula is C17H27NO2. The number of rotatable bonds is 7. The van der Waals surface area contributed by atoms with E-state index in [9.17, 15) is 9.90 Å². The molecule has 2 N–H and O–H groups in total. The highest BCUT2D eigenvalue weighted by atomic mass is 16.3. The first-order valence-corrected chi connectivity index (χ1v) is 7.39. The number of carbonyl (C=O) groups excluding carboxylic acids is 1. The van der Waals surface area contributed by atoms with Crippen molar-refractivity contribution in [2.24, 2.45) is 11.8 Å². The van der Waals surface area contributed by atoms with E-state index in [1.54, 1.807) is 0 Å². The average molecular weight is 277 g/mol. The Morgan fingerprint density at radius 2 is 1.80 bits per heavy atom. The van der Waals surface area contributed by atoms with Crippen LogP contribution >= 0.6 is 0 Å². The first-order chi connectivity index (χ1) is 9.38. The van der Waals surface area contributed by atoms with Crippen LogP contribution in [0.25, 0.3) is 0 Å². The van der Waals surface area contributed by atoms with Crippen LogP contribution in [0, 0.1) is 18.8 Å². The molecule has 0 aliphatic carbocycles. The van der Waals surface area contributed by atoms with E-state index >= 15 is 0 Å². The van der Waals surface area contributed by atoms with Gasteiger partial charge in [-0.05, 0) is 31.2 Å². The summed E-state index contributed by atoms with van der Waals surface area (Å²) in [6.45, 7) is 8.44. The molecule has 1 aromatic carbocycles. The number of amides is 1. The van der Waals surface area contributed by atoms with Gasteiger partial charge in [-0.3, -0.25) is 4.79 Å². The molecule has 0 aliphatic heterocycles.